The van der Waals surface area contributed by atoms with E-state index in [1.807, 2.05) is 36.4 Å². The molecule has 0 radical (unpaired) electrons. The standard InChI is InChI=1S/C17H12ClNO2/c1-21-17(20)16-10-13(11-5-3-2-4-6-11)14-9-12(18)7-8-15(14)19-16/h2-10H,1H3. The van der Waals surface area contributed by atoms with E-state index >= 15 is 0 Å². The molecule has 0 aliphatic carbocycles. The molecule has 1 aromatic heterocycles. The molecule has 0 bridgehead atoms. The summed E-state index contributed by atoms with van der Waals surface area (Å²) in [5.41, 5.74) is 2.90. The molecule has 0 aliphatic heterocycles. The summed E-state index contributed by atoms with van der Waals surface area (Å²) in [7, 11) is 1.35. The average molecular weight is 298 g/mol. The minimum absolute atomic E-state index is 0.283. The molecule has 104 valence electrons. The van der Waals surface area contributed by atoms with E-state index < -0.39 is 5.97 Å². The van der Waals surface area contributed by atoms with Crippen LogP contribution in [0.25, 0.3) is 22.0 Å². The van der Waals surface area contributed by atoms with Crippen LogP contribution in [0.3, 0.4) is 0 Å². The lowest BCUT2D eigenvalue weighted by atomic mass is 10.00. The molecule has 3 rings (SSSR count). The summed E-state index contributed by atoms with van der Waals surface area (Å²) in [4.78, 5) is 16.1. The number of esters is 1. The highest BCUT2D eigenvalue weighted by atomic mass is 35.5. The van der Waals surface area contributed by atoms with Gasteiger partial charge in [-0.05, 0) is 35.4 Å². The molecule has 21 heavy (non-hydrogen) atoms. The highest BCUT2D eigenvalue weighted by Gasteiger charge is 2.13. The fourth-order valence-electron chi connectivity index (χ4n) is 2.26. The zero-order valence-electron chi connectivity index (χ0n) is 11.3. The first-order valence-corrected chi connectivity index (χ1v) is 6.81. The molecule has 0 fully saturated rings. The van der Waals surface area contributed by atoms with Crippen LogP contribution in [-0.2, 0) is 4.74 Å². The number of benzene rings is 2. The van der Waals surface area contributed by atoms with Crippen molar-refractivity contribution in [1.29, 1.82) is 0 Å². The molecule has 0 N–H and O–H groups in total. The number of pyridine rings is 1. The van der Waals surface area contributed by atoms with Crippen molar-refractivity contribution in [3.8, 4) is 11.1 Å². The van der Waals surface area contributed by atoms with Gasteiger partial charge in [0.1, 0.15) is 5.69 Å². The zero-order chi connectivity index (χ0) is 14.8. The molecule has 2 aromatic carbocycles. The third kappa shape index (κ3) is 2.60. The molecule has 3 nitrogen and oxygen atoms in total. The summed E-state index contributed by atoms with van der Waals surface area (Å²) in [5.74, 6) is -0.455. The number of ether oxygens (including phenoxy) is 1. The molecule has 0 saturated carbocycles. The number of nitrogens with zero attached hydrogens (tertiary/aromatic N) is 1. The number of hydrogen-bond donors (Lipinski definition) is 0. The second-order valence-electron chi connectivity index (χ2n) is 4.57. The lowest BCUT2D eigenvalue weighted by Crippen LogP contribution is -2.05. The number of methoxy groups -OCH3 is 1. The Kier molecular flexibility index (Phi) is 3.59. The maximum absolute atomic E-state index is 11.8. The van der Waals surface area contributed by atoms with Crippen LogP contribution in [0.15, 0.2) is 54.6 Å². The Balaban J connectivity index is 2.33. The largest absolute Gasteiger partial charge is 0.464 e. The van der Waals surface area contributed by atoms with Crippen LogP contribution in [0, 0.1) is 0 Å². The van der Waals surface area contributed by atoms with Crippen LogP contribution < -0.4 is 0 Å². The summed E-state index contributed by atoms with van der Waals surface area (Å²) in [6, 6.07) is 17.0. The Bertz CT molecular complexity index is 816. The van der Waals surface area contributed by atoms with Crippen molar-refractivity contribution in [2.24, 2.45) is 0 Å². The molecule has 0 aliphatic rings. The van der Waals surface area contributed by atoms with E-state index in [0.717, 1.165) is 16.5 Å². The van der Waals surface area contributed by atoms with Crippen molar-refractivity contribution in [3.63, 3.8) is 0 Å². The number of halogens is 1. The van der Waals surface area contributed by atoms with E-state index in [-0.39, 0.29) is 5.69 Å². The zero-order valence-corrected chi connectivity index (χ0v) is 12.1. The predicted octanol–water partition coefficient (Wildman–Crippen LogP) is 4.34. The lowest BCUT2D eigenvalue weighted by Gasteiger charge is -2.09. The molecule has 1 heterocycles. The quantitative estimate of drug-likeness (QED) is 0.660. The summed E-state index contributed by atoms with van der Waals surface area (Å²) in [5, 5.41) is 1.54. The second-order valence-corrected chi connectivity index (χ2v) is 5.01. The second kappa shape index (κ2) is 5.54. The SMILES string of the molecule is COC(=O)c1cc(-c2ccccc2)c2cc(Cl)ccc2n1. The number of hydrogen-bond acceptors (Lipinski definition) is 3. The number of carbonyl (C=O) groups excluding carboxylic acids is 1. The molecule has 3 aromatic rings. The summed E-state index contributed by atoms with van der Waals surface area (Å²) >= 11 is 6.09. The minimum atomic E-state index is -0.455. The molecule has 0 atom stereocenters. The third-order valence-electron chi connectivity index (χ3n) is 3.25. The number of aromatic nitrogens is 1. The van der Waals surface area contributed by atoms with Gasteiger partial charge in [-0.2, -0.15) is 0 Å². The maximum Gasteiger partial charge on any atom is 0.356 e. The Labute approximate surface area is 127 Å². The van der Waals surface area contributed by atoms with Gasteiger partial charge in [-0.25, -0.2) is 9.78 Å². The highest BCUT2D eigenvalue weighted by Crippen LogP contribution is 2.30. The van der Waals surface area contributed by atoms with E-state index in [2.05, 4.69) is 4.98 Å². The van der Waals surface area contributed by atoms with Crippen molar-refractivity contribution in [2.45, 2.75) is 0 Å². The normalized spacial score (nSPS) is 10.6. The number of carbonyl (C=O) groups is 1. The smallest absolute Gasteiger partial charge is 0.356 e. The van der Waals surface area contributed by atoms with Gasteiger partial charge in [-0.1, -0.05) is 41.9 Å². The Morgan fingerprint density at radius 2 is 1.86 bits per heavy atom. The van der Waals surface area contributed by atoms with Gasteiger partial charge in [0.25, 0.3) is 0 Å². The van der Waals surface area contributed by atoms with Gasteiger partial charge in [0.05, 0.1) is 12.6 Å². The van der Waals surface area contributed by atoms with Crippen LogP contribution in [-0.4, -0.2) is 18.1 Å². The summed E-state index contributed by atoms with van der Waals surface area (Å²) < 4.78 is 4.77. The minimum Gasteiger partial charge on any atom is -0.464 e. The topological polar surface area (TPSA) is 39.2 Å². The van der Waals surface area contributed by atoms with Crippen LogP contribution in [0.5, 0.6) is 0 Å². The highest BCUT2D eigenvalue weighted by molar-refractivity contribution is 6.31. The molecule has 0 spiro atoms. The Morgan fingerprint density at radius 3 is 2.57 bits per heavy atom. The maximum atomic E-state index is 11.8. The van der Waals surface area contributed by atoms with Crippen LogP contribution >= 0.6 is 11.6 Å². The first-order chi connectivity index (χ1) is 10.2. The fraction of sp³-hybridized carbons (Fsp3) is 0.0588. The Hall–Kier alpha value is -2.39. The number of rotatable bonds is 2. The van der Waals surface area contributed by atoms with Gasteiger partial charge in [-0.3, -0.25) is 0 Å². The van der Waals surface area contributed by atoms with E-state index in [9.17, 15) is 4.79 Å². The van der Waals surface area contributed by atoms with Crippen molar-refractivity contribution < 1.29 is 9.53 Å². The molecule has 0 saturated heterocycles. The van der Waals surface area contributed by atoms with Gasteiger partial charge >= 0.3 is 5.97 Å². The van der Waals surface area contributed by atoms with E-state index in [1.54, 1.807) is 18.2 Å². The molecule has 4 heteroatoms. The first kappa shape index (κ1) is 13.6. The van der Waals surface area contributed by atoms with Crippen molar-refractivity contribution in [2.75, 3.05) is 7.11 Å². The van der Waals surface area contributed by atoms with Gasteiger partial charge < -0.3 is 4.74 Å². The summed E-state index contributed by atoms with van der Waals surface area (Å²) in [6.45, 7) is 0. The fourth-order valence-corrected chi connectivity index (χ4v) is 2.44. The lowest BCUT2D eigenvalue weighted by molar-refractivity contribution is 0.0594. The van der Waals surface area contributed by atoms with Crippen molar-refractivity contribution in [3.05, 3.63) is 65.3 Å². The average Bonchev–Trinajstić information content (AvgIpc) is 2.54. The van der Waals surface area contributed by atoms with Gasteiger partial charge in [0.2, 0.25) is 0 Å². The van der Waals surface area contributed by atoms with Crippen LogP contribution in [0.2, 0.25) is 5.02 Å². The van der Waals surface area contributed by atoms with E-state index in [4.69, 9.17) is 16.3 Å². The van der Waals surface area contributed by atoms with Crippen LogP contribution in [0.1, 0.15) is 10.5 Å². The van der Waals surface area contributed by atoms with Gasteiger partial charge in [-0.15, -0.1) is 0 Å². The monoisotopic (exact) mass is 297 g/mol. The molecule has 0 unspecified atom stereocenters. The summed E-state index contributed by atoms with van der Waals surface area (Å²) in [6.07, 6.45) is 0. The first-order valence-electron chi connectivity index (χ1n) is 6.43. The predicted molar refractivity (Wildman–Crippen MR) is 83.5 cm³/mol. The van der Waals surface area contributed by atoms with Gasteiger partial charge in [0.15, 0.2) is 0 Å². The third-order valence-corrected chi connectivity index (χ3v) is 3.49. The van der Waals surface area contributed by atoms with E-state index in [0.29, 0.717) is 10.5 Å². The van der Waals surface area contributed by atoms with Crippen molar-refractivity contribution >= 4 is 28.5 Å². The molecule has 0 amide bonds. The number of fused-ring (bicyclic) bond motifs is 1. The van der Waals surface area contributed by atoms with E-state index in [1.165, 1.54) is 7.11 Å². The Morgan fingerprint density at radius 1 is 1.10 bits per heavy atom. The van der Waals surface area contributed by atoms with Gasteiger partial charge in [0, 0.05) is 10.4 Å². The molecular weight excluding hydrogens is 286 g/mol. The van der Waals surface area contributed by atoms with Crippen molar-refractivity contribution in [1.82, 2.24) is 4.98 Å². The molecular formula is C17H12ClNO2. The van der Waals surface area contributed by atoms with Crippen LogP contribution in [0.4, 0.5) is 0 Å².